The zero-order valence-corrected chi connectivity index (χ0v) is 27.6. The lowest BCUT2D eigenvalue weighted by atomic mass is 9.69. The van der Waals surface area contributed by atoms with Crippen LogP contribution in [0.1, 0.15) is 40.7 Å². The first kappa shape index (κ1) is 27.7. The van der Waals surface area contributed by atoms with Crippen molar-refractivity contribution in [3.63, 3.8) is 0 Å². The van der Waals surface area contributed by atoms with E-state index in [-0.39, 0.29) is 0 Å². The van der Waals surface area contributed by atoms with Crippen LogP contribution in [0.2, 0.25) is 0 Å². The number of benzene rings is 8. The van der Waals surface area contributed by atoms with Crippen molar-refractivity contribution < 1.29 is 0 Å². The first-order chi connectivity index (χ1) is 24.8. The minimum absolute atomic E-state index is 0.459. The second kappa shape index (κ2) is 10.4. The van der Waals surface area contributed by atoms with E-state index in [0.29, 0.717) is 0 Å². The predicted octanol–water partition coefficient (Wildman–Crippen LogP) is 13.0. The molecule has 1 nitrogen and oxygen atoms in total. The van der Waals surface area contributed by atoms with Gasteiger partial charge in [-0.3, -0.25) is 0 Å². The van der Waals surface area contributed by atoms with Crippen molar-refractivity contribution in [1.82, 2.24) is 0 Å². The quantitative estimate of drug-likeness (QED) is 0.174. The Bertz CT molecular complexity index is 2710. The van der Waals surface area contributed by atoms with Crippen molar-refractivity contribution in [3.8, 4) is 11.1 Å². The van der Waals surface area contributed by atoms with Gasteiger partial charge in [0.05, 0.1) is 5.41 Å². The van der Waals surface area contributed by atoms with Crippen LogP contribution in [0.5, 0.6) is 0 Å². The highest BCUT2D eigenvalue weighted by Gasteiger charge is 2.51. The number of nitrogens with zero attached hydrogens (tertiary/aromatic N) is 1. The molecule has 0 fully saturated rings. The van der Waals surface area contributed by atoms with Gasteiger partial charge in [-0.05, 0) is 138 Å². The van der Waals surface area contributed by atoms with Crippen LogP contribution in [0.25, 0.3) is 49.0 Å². The van der Waals surface area contributed by atoms with E-state index in [1.54, 1.807) is 0 Å². The third kappa shape index (κ3) is 3.62. The van der Waals surface area contributed by atoms with Gasteiger partial charge in [0.15, 0.2) is 0 Å². The van der Waals surface area contributed by atoms with E-state index in [0.717, 1.165) is 29.9 Å². The summed E-state index contributed by atoms with van der Waals surface area (Å²) in [7, 11) is 0. The van der Waals surface area contributed by atoms with Crippen molar-refractivity contribution in [2.45, 2.75) is 18.3 Å². The van der Waals surface area contributed by atoms with Crippen LogP contribution in [-0.2, 0) is 5.41 Å². The molecule has 0 heterocycles. The minimum Gasteiger partial charge on any atom is -0.310 e. The summed E-state index contributed by atoms with van der Waals surface area (Å²) in [6, 6.07) is 59.1. The molecule has 0 radical (unpaired) electrons. The number of fused-ring (bicyclic) bond motifs is 10. The second-order valence-corrected chi connectivity index (χ2v) is 13.9. The average molecular weight is 636 g/mol. The van der Waals surface area contributed by atoms with E-state index in [1.807, 2.05) is 0 Å². The van der Waals surface area contributed by atoms with E-state index in [4.69, 9.17) is 0 Å². The van der Waals surface area contributed by atoms with E-state index in [2.05, 4.69) is 181 Å². The summed E-state index contributed by atoms with van der Waals surface area (Å²) in [6.45, 7) is 0. The summed E-state index contributed by atoms with van der Waals surface area (Å²) in [6.07, 6.45) is 8.99. The lowest BCUT2D eigenvalue weighted by Crippen LogP contribution is -2.26. The molecule has 0 saturated heterocycles. The highest BCUT2D eigenvalue weighted by molar-refractivity contribution is 6.30. The molecule has 0 aromatic heterocycles. The van der Waals surface area contributed by atoms with Crippen LogP contribution < -0.4 is 4.90 Å². The van der Waals surface area contributed by atoms with Crippen LogP contribution in [0.15, 0.2) is 176 Å². The Balaban J connectivity index is 1.29. The fourth-order valence-electron chi connectivity index (χ4n) is 9.49. The fraction of sp³-hybridized carbons (Fsp3) is 0.0612. The maximum absolute atomic E-state index is 2.56. The molecule has 3 aliphatic rings. The predicted molar refractivity (Wildman–Crippen MR) is 211 cm³/mol. The molecule has 1 spiro atoms. The summed E-state index contributed by atoms with van der Waals surface area (Å²) in [5.41, 5.74) is 13.9. The number of hydrogen-bond donors (Lipinski definition) is 0. The van der Waals surface area contributed by atoms with Crippen molar-refractivity contribution in [2.24, 2.45) is 0 Å². The molecule has 11 rings (SSSR count). The van der Waals surface area contributed by atoms with Gasteiger partial charge in [0.1, 0.15) is 0 Å². The first-order valence-corrected chi connectivity index (χ1v) is 17.8. The Labute approximate surface area is 292 Å². The fourth-order valence-corrected chi connectivity index (χ4v) is 9.49. The molecule has 0 bridgehead atoms. The lowest BCUT2D eigenvalue weighted by Gasteiger charge is -2.33. The van der Waals surface area contributed by atoms with Gasteiger partial charge in [-0.1, -0.05) is 127 Å². The largest absolute Gasteiger partial charge is 0.310 e. The van der Waals surface area contributed by atoms with Gasteiger partial charge in [0.2, 0.25) is 0 Å². The zero-order valence-electron chi connectivity index (χ0n) is 27.6. The van der Waals surface area contributed by atoms with Gasteiger partial charge >= 0.3 is 0 Å². The Morgan fingerprint density at radius 1 is 0.440 bits per heavy atom. The number of anilines is 3. The Morgan fingerprint density at radius 3 is 1.84 bits per heavy atom. The van der Waals surface area contributed by atoms with Crippen molar-refractivity contribution >= 4 is 55.0 Å². The van der Waals surface area contributed by atoms with Gasteiger partial charge in [-0.2, -0.15) is 0 Å². The van der Waals surface area contributed by atoms with Crippen molar-refractivity contribution in [2.75, 3.05) is 4.90 Å². The molecule has 1 heteroatoms. The first-order valence-electron chi connectivity index (χ1n) is 17.8. The molecule has 0 N–H and O–H groups in total. The molecule has 1 atom stereocenters. The lowest BCUT2D eigenvalue weighted by molar-refractivity contribution is 0.796. The summed E-state index contributed by atoms with van der Waals surface area (Å²) in [5.74, 6) is 0. The highest BCUT2D eigenvalue weighted by Crippen LogP contribution is 2.64. The van der Waals surface area contributed by atoms with Gasteiger partial charge in [0.25, 0.3) is 0 Å². The zero-order chi connectivity index (χ0) is 32.8. The summed E-state index contributed by atoms with van der Waals surface area (Å²) in [4.78, 5) is 2.40. The Morgan fingerprint density at radius 2 is 1.08 bits per heavy atom. The van der Waals surface area contributed by atoms with E-state index in [9.17, 15) is 0 Å². The minimum atomic E-state index is -0.459. The Kier molecular flexibility index (Phi) is 5.77. The summed E-state index contributed by atoms with van der Waals surface area (Å²) < 4.78 is 0. The number of allylic oxidation sites excluding steroid dienone is 4. The molecule has 8 aromatic rings. The average Bonchev–Trinajstić information content (AvgIpc) is 3.66. The Hall–Kier alpha value is -6.18. The van der Waals surface area contributed by atoms with E-state index < -0.39 is 5.41 Å². The van der Waals surface area contributed by atoms with Crippen LogP contribution >= 0.6 is 0 Å². The van der Waals surface area contributed by atoms with Crippen LogP contribution in [0.3, 0.4) is 0 Å². The molecule has 0 amide bonds. The standard InChI is InChI=1S/C49H33N/c1-4-15-32(16-5-1)33-29-42-38-22-11-10-21-37(38)41-24-14-26-44-47(41)48(42)46(30-33)49(44)43-25-13-12-23-39(43)40-28-27-36(31-45(40)49)50(34-17-6-2-7-18-34)35-19-8-3-9-20-35/h1-4,6-15,17-31H,5,16H2. The monoisotopic (exact) mass is 635 g/mol. The van der Waals surface area contributed by atoms with E-state index in [1.165, 1.54) is 76.8 Å². The maximum Gasteiger partial charge on any atom is 0.0726 e. The van der Waals surface area contributed by atoms with Crippen LogP contribution in [-0.4, -0.2) is 0 Å². The number of para-hydroxylation sites is 2. The van der Waals surface area contributed by atoms with Crippen molar-refractivity contribution in [3.05, 3.63) is 204 Å². The van der Waals surface area contributed by atoms with Gasteiger partial charge in [-0.15, -0.1) is 0 Å². The summed E-state index contributed by atoms with van der Waals surface area (Å²) in [5, 5.41) is 8.16. The maximum atomic E-state index is 2.56. The molecule has 1 unspecified atom stereocenters. The van der Waals surface area contributed by atoms with Crippen molar-refractivity contribution in [1.29, 1.82) is 0 Å². The normalized spacial score (nSPS) is 16.8. The third-order valence-electron chi connectivity index (χ3n) is 11.5. The molecule has 3 aliphatic carbocycles. The number of hydrogen-bond acceptors (Lipinski definition) is 1. The van der Waals surface area contributed by atoms with Crippen LogP contribution in [0.4, 0.5) is 17.1 Å². The van der Waals surface area contributed by atoms with E-state index >= 15 is 0 Å². The molecule has 234 valence electrons. The smallest absolute Gasteiger partial charge is 0.0726 e. The molecule has 50 heavy (non-hydrogen) atoms. The molecular weight excluding hydrogens is 603 g/mol. The van der Waals surface area contributed by atoms with Gasteiger partial charge < -0.3 is 4.90 Å². The van der Waals surface area contributed by atoms with Gasteiger partial charge in [-0.25, -0.2) is 0 Å². The molecule has 0 saturated carbocycles. The highest BCUT2D eigenvalue weighted by atomic mass is 15.1. The second-order valence-electron chi connectivity index (χ2n) is 13.9. The van der Waals surface area contributed by atoms with Crippen LogP contribution in [0, 0.1) is 0 Å². The molecular formula is C49H33N. The SMILES string of the molecule is C1=CCCC(c2cc3c4c(c2)c2ccccc2c2cccc(c24)C32c3ccccc3-c3ccc(N(c4ccccc4)c4ccccc4)cc32)=C1. The van der Waals surface area contributed by atoms with Gasteiger partial charge in [0, 0.05) is 17.1 Å². The topological polar surface area (TPSA) is 3.24 Å². The third-order valence-corrected chi connectivity index (χ3v) is 11.5. The molecule has 8 aromatic carbocycles. The molecule has 0 aliphatic heterocycles. The number of rotatable bonds is 4. The summed E-state index contributed by atoms with van der Waals surface area (Å²) >= 11 is 0.